The Labute approximate surface area is 181 Å². The Morgan fingerprint density at radius 3 is 2.22 bits per heavy atom. The maximum absolute atomic E-state index is 11.8. The summed E-state index contributed by atoms with van der Waals surface area (Å²) >= 11 is 0. The van der Waals surface area contributed by atoms with E-state index in [1.165, 1.54) is 32.7 Å². The number of sulfonamides is 1. The number of nitrogens with zero attached hydrogens (tertiary/aromatic N) is 1. The number of halogens is 1. The minimum atomic E-state index is -3.39. The molecule has 0 saturated heterocycles. The molecule has 6 nitrogen and oxygen atoms in total. The molecule has 0 heterocycles. The molecule has 1 aromatic carbocycles. The van der Waals surface area contributed by atoms with Gasteiger partial charge in [-0.3, -0.25) is 4.99 Å². The van der Waals surface area contributed by atoms with Crippen LogP contribution in [0.3, 0.4) is 0 Å². The van der Waals surface area contributed by atoms with Gasteiger partial charge in [0.2, 0.25) is 10.0 Å². The first-order valence-electron chi connectivity index (χ1n) is 9.35. The number of benzene rings is 1. The normalized spacial score (nSPS) is 20.9. The number of aliphatic imine (C=N–C) groups is 1. The fourth-order valence-electron chi connectivity index (χ4n) is 3.41. The molecule has 0 unspecified atom stereocenters. The molecule has 0 aromatic heterocycles. The van der Waals surface area contributed by atoms with Crippen molar-refractivity contribution in [3.05, 3.63) is 29.8 Å². The van der Waals surface area contributed by atoms with Crippen molar-refractivity contribution in [2.75, 3.05) is 14.1 Å². The minimum absolute atomic E-state index is 0. The molecule has 1 aromatic rings. The van der Waals surface area contributed by atoms with E-state index >= 15 is 0 Å². The molecule has 0 amide bonds. The molecule has 1 aliphatic carbocycles. The van der Waals surface area contributed by atoms with Crippen LogP contribution in [-0.2, 0) is 16.6 Å². The molecule has 3 N–H and O–H groups in total. The van der Waals surface area contributed by atoms with Gasteiger partial charge in [0.1, 0.15) is 0 Å². The van der Waals surface area contributed by atoms with Gasteiger partial charge in [-0.1, -0.05) is 26.0 Å². The SMILES string of the molecule is CN=C(NCc1ccc(S(=O)(=O)NC)cc1)NC1CCC(C(C)C)CC1.I. The third kappa shape index (κ3) is 7.23. The summed E-state index contributed by atoms with van der Waals surface area (Å²) in [6.45, 7) is 5.22. The highest BCUT2D eigenvalue weighted by molar-refractivity contribution is 14.0. The zero-order chi connectivity index (χ0) is 19.2. The van der Waals surface area contributed by atoms with Gasteiger partial charge in [0, 0.05) is 19.6 Å². The van der Waals surface area contributed by atoms with Gasteiger partial charge in [-0.2, -0.15) is 0 Å². The highest BCUT2D eigenvalue weighted by Gasteiger charge is 2.23. The maximum atomic E-state index is 11.8. The Balaban J connectivity index is 0.00000364. The molecule has 27 heavy (non-hydrogen) atoms. The molecule has 0 bridgehead atoms. The van der Waals surface area contributed by atoms with E-state index in [0.29, 0.717) is 12.6 Å². The Morgan fingerprint density at radius 1 is 1.15 bits per heavy atom. The van der Waals surface area contributed by atoms with Crippen molar-refractivity contribution in [2.45, 2.75) is 57.0 Å². The van der Waals surface area contributed by atoms with Crippen molar-refractivity contribution in [3.8, 4) is 0 Å². The average Bonchev–Trinajstić information content (AvgIpc) is 2.65. The first-order chi connectivity index (χ1) is 12.4. The van der Waals surface area contributed by atoms with Crippen LogP contribution in [0.1, 0.15) is 45.1 Å². The number of nitrogens with one attached hydrogen (secondary N) is 3. The van der Waals surface area contributed by atoms with Gasteiger partial charge in [0.25, 0.3) is 0 Å². The molecule has 154 valence electrons. The van der Waals surface area contributed by atoms with Crippen LogP contribution in [0.15, 0.2) is 34.2 Å². The third-order valence-corrected chi connectivity index (χ3v) is 6.67. The molecule has 0 atom stereocenters. The van der Waals surface area contributed by atoms with Crippen LogP contribution in [0, 0.1) is 11.8 Å². The summed E-state index contributed by atoms with van der Waals surface area (Å²) in [5, 5.41) is 6.83. The van der Waals surface area contributed by atoms with Crippen LogP contribution in [-0.4, -0.2) is 34.5 Å². The summed E-state index contributed by atoms with van der Waals surface area (Å²) in [6.07, 6.45) is 4.90. The lowest BCUT2D eigenvalue weighted by atomic mass is 9.80. The lowest BCUT2D eigenvalue weighted by Crippen LogP contribution is -2.44. The van der Waals surface area contributed by atoms with E-state index in [1.807, 2.05) is 12.1 Å². The lowest BCUT2D eigenvalue weighted by molar-refractivity contribution is 0.250. The Bertz CT molecular complexity index is 697. The highest BCUT2D eigenvalue weighted by atomic mass is 127. The number of guanidine groups is 1. The minimum Gasteiger partial charge on any atom is -0.354 e. The second kappa shape index (κ2) is 11.2. The fraction of sp³-hybridized carbons (Fsp3) is 0.632. The molecule has 8 heteroatoms. The van der Waals surface area contributed by atoms with Crippen molar-refractivity contribution in [1.82, 2.24) is 15.4 Å². The second-order valence-corrected chi connectivity index (χ2v) is 9.16. The quantitative estimate of drug-likeness (QED) is 0.314. The predicted octanol–water partition coefficient (Wildman–Crippen LogP) is 3.09. The summed E-state index contributed by atoms with van der Waals surface area (Å²) in [7, 11) is -0.200. The molecule has 0 aliphatic heterocycles. The number of rotatable bonds is 6. The molecule has 2 rings (SSSR count). The third-order valence-electron chi connectivity index (χ3n) is 5.24. The van der Waals surface area contributed by atoms with Gasteiger partial charge in [-0.15, -0.1) is 24.0 Å². The molecule has 1 aliphatic rings. The standard InChI is InChI=1S/C19H32N4O2S.HI/c1-14(2)16-7-9-17(10-8-16)23-19(20-3)22-13-15-5-11-18(12-6-15)26(24,25)21-4;/h5-6,11-12,14,16-17,21H,7-10,13H2,1-4H3,(H2,20,22,23);1H. The van der Waals surface area contributed by atoms with Gasteiger partial charge in [0.15, 0.2) is 5.96 Å². The molecular formula is C19H33IN4O2S. The van der Waals surface area contributed by atoms with Crippen LogP contribution in [0.5, 0.6) is 0 Å². The van der Waals surface area contributed by atoms with Gasteiger partial charge >= 0.3 is 0 Å². The smallest absolute Gasteiger partial charge is 0.240 e. The van der Waals surface area contributed by atoms with Crippen molar-refractivity contribution < 1.29 is 8.42 Å². The van der Waals surface area contributed by atoms with Gasteiger partial charge < -0.3 is 10.6 Å². The van der Waals surface area contributed by atoms with Crippen LogP contribution in [0.4, 0.5) is 0 Å². The first kappa shape index (κ1) is 24.2. The summed E-state index contributed by atoms with van der Waals surface area (Å²) < 4.78 is 25.8. The van der Waals surface area contributed by atoms with E-state index in [-0.39, 0.29) is 28.9 Å². The van der Waals surface area contributed by atoms with E-state index in [4.69, 9.17) is 0 Å². The largest absolute Gasteiger partial charge is 0.354 e. The Kier molecular flexibility index (Phi) is 10.0. The van der Waals surface area contributed by atoms with Crippen molar-refractivity contribution >= 4 is 40.0 Å². The van der Waals surface area contributed by atoms with Crippen molar-refractivity contribution in [3.63, 3.8) is 0 Å². The monoisotopic (exact) mass is 508 g/mol. The van der Waals surface area contributed by atoms with E-state index in [0.717, 1.165) is 23.4 Å². The Hall–Kier alpha value is -0.870. The summed E-state index contributed by atoms with van der Waals surface area (Å²) in [4.78, 5) is 4.58. The first-order valence-corrected chi connectivity index (χ1v) is 10.8. The fourth-order valence-corrected chi connectivity index (χ4v) is 4.14. The maximum Gasteiger partial charge on any atom is 0.240 e. The van der Waals surface area contributed by atoms with Crippen LogP contribution < -0.4 is 15.4 Å². The van der Waals surface area contributed by atoms with E-state index < -0.39 is 10.0 Å². The lowest BCUT2D eigenvalue weighted by Gasteiger charge is -2.32. The zero-order valence-electron chi connectivity index (χ0n) is 16.7. The molecule has 0 spiro atoms. The average molecular weight is 508 g/mol. The Morgan fingerprint density at radius 2 is 1.74 bits per heavy atom. The van der Waals surface area contributed by atoms with E-state index in [1.54, 1.807) is 19.2 Å². The summed E-state index contributed by atoms with van der Waals surface area (Å²) in [5.74, 6) is 2.41. The molecule has 1 fully saturated rings. The van der Waals surface area contributed by atoms with Crippen LogP contribution >= 0.6 is 24.0 Å². The molecule has 1 saturated carbocycles. The van der Waals surface area contributed by atoms with E-state index in [9.17, 15) is 8.42 Å². The van der Waals surface area contributed by atoms with E-state index in [2.05, 4.69) is 34.2 Å². The highest BCUT2D eigenvalue weighted by Crippen LogP contribution is 2.29. The van der Waals surface area contributed by atoms with Gasteiger partial charge in [0.05, 0.1) is 4.90 Å². The molecular weight excluding hydrogens is 475 g/mol. The summed E-state index contributed by atoms with van der Waals surface area (Å²) in [5.41, 5.74) is 1.01. The number of hydrogen-bond acceptors (Lipinski definition) is 3. The van der Waals surface area contributed by atoms with Crippen molar-refractivity contribution in [2.24, 2.45) is 16.8 Å². The van der Waals surface area contributed by atoms with Gasteiger partial charge in [-0.25, -0.2) is 13.1 Å². The summed E-state index contributed by atoms with van der Waals surface area (Å²) in [6, 6.07) is 7.34. The second-order valence-electron chi connectivity index (χ2n) is 7.28. The van der Waals surface area contributed by atoms with Crippen molar-refractivity contribution in [1.29, 1.82) is 0 Å². The van der Waals surface area contributed by atoms with Gasteiger partial charge in [-0.05, 0) is 62.3 Å². The number of hydrogen-bond donors (Lipinski definition) is 3. The zero-order valence-corrected chi connectivity index (χ0v) is 19.8. The van der Waals surface area contributed by atoms with Crippen LogP contribution in [0.2, 0.25) is 0 Å². The van der Waals surface area contributed by atoms with Crippen LogP contribution in [0.25, 0.3) is 0 Å². The molecule has 0 radical (unpaired) electrons. The predicted molar refractivity (Wildman–Crippen MR) is 122 cm³/mol. The topological polar surface area (TPSA) is 82.6 Å².